The maximum Gasteiger partial charge on any atom is 0.322 e. The van der Waals surface area contributed by atoms with E-state index in [1.165, 1.54) is 19.3 Å². The number of allylic oxidation sites excluding steroid dienone is 1. The molecule has 0 rings (SSSR count). The molecule has 0 amide bonds. The van der Waals surface area contributed by atoms with Gasteiger partial charge in [-0.2, -0.15) is 0 Å². The zero-order valence-corrected chi connectivity index (χ0v) is 13.7. The Balaban J connectivity index is 0. The molecule has 0 aromatic carbocycles. The molecule has 3 nitrogen and oxygen atoms in total. The van der Waals surface area contributed by atoms with Crippen molar-refractivity contribution < 1.29 is 9.53 Å². The summed E-state index contributed by atoms with van der Waals surface area (Å²) in [7, 11) is 0. The summed E-state index contributed by atoms with van der Waals surface area (Å²) in [5, 5.41) is 0. The first-order valence-electron chi connectivity index (χ1n) is 6.11. The van der Waals surface area contributed by atoms with Gasteiger partial charge in [0, 0.05) is 29.6 Å². The normalized spacial score (nSPS) is 12.5. The number of carbonyl (C=O) groups excluding carboxylic acids is 1. The van der Waals surface area contributed by atoms with E-state index < -0.39 is 6.04 Å². The van der Waals surface area contributed by atoms with E-state index in [9.17, 15) is 4.79 Å². The second-order valence-electron chi connectivity index (χ2n) is 4.57. The van der Waals surface area contributed by atoms with E-state index in [4.69, 9.17) is 10.5 Å². The standard InChI is InChI=1S/C13H25NO2.Na/c1-11(2)9-7-5-4-6-8-10-16-13(15)12(3)14;/h6,8,11-12H,4-5,7,9-10,14H2,1-3H3;. The third kappa shape index (κ3) is 14.1. The third-order valence-corrected chi connectivity index (χ3v) is 2.26. The Kier molecular flexibility index (Phi) is 14.5. The van der Waals surface area contributed by atoms with Crippen LogP contribution in [0, 0.1) is 5.92 Å². The van der Waals surface area contributed by atoms with Crippen LogP contribution in [0.25, 0.3) is 0 Å². The van der Waals surface area contributed by atoms with Crippen molar-refractivity contribution in [2.24, 2.45) is 11.7 Å². The molecule has 95 valence electrons. The molecule has 2 N–H and O–H groups in total. The Hall–Kier alpha value is 0.170. The molecule has 0 aromatic heterocycles. The molecule has 0 aliphatic rings. The predicted octanol–water partition coefficient (Wildman–Crippen LogP) is 2.27. The first-order valence-corrected chi connectivity index (χ1v) is 6.11. The number of rotatable bonds is 8. The first kappa shape index (κ1) is 19.5. The second kappa shape index (κ2) is 12.6. The van der Waals surface area contributed by atoms with Gasteiger partial charge in [-0.25, -0.2) is 0 Å². The van der Waals surface area contributed by atoms with Crippen LogP contribution in [0.15, 0.2) is 12.2 Å². The molecule has 1 radical (unpaired) electrons. The van der Waals surface area contributed by atoms with Gasteiger partial charge in [0.25, 0.3) is 0 Å². The number of unbranched alkanes of at least 4 members (excludes halogenated alkanes) is 2. The monoisotopic (exact) mass is 250 g/mol. The van der Waals surface area contributed by atoms with Crippen molar-refractivity contribution in [2.45, 2.75) is 52.5 Å². The minimum Gasteiger partial charge on any atom is -0.460 e. The smallest absolute Gasteiger partial charge is 0.322 e. The molecular formula is C13H25NNaO2. The quantitative estimate of drug-likeness (QED) is 0.311. The average molecular weight is 250 g/mol. The summed E-state index contributed by atoms with van der Waals surface area (Å²) in [4.78, 5) is 11.0. The van der Waals surface area contributed by atoms with E-state index >= 15 is 0 Å². The molecule has 4 heteroatoms. The van der Waals surface area contributed by atoms with Crippen molar-refractivity contribution in [3.8, 4) is 0 Å². The molecular weight excluding hydrogens is 225 g/mol. The summed E-state index contributed by atoms with van der Waals surface area (Å²) in [6.07, 6.45) is 8.76. The van der Waals surface area contributed by atoms with Gasteiger partial charge < -0.3 is 10.5 Å². The molecule has 0 heterocycles. The van der Waals surface area contributed by atoms with Gasteiger partial charge in [0.1, 0.15) is 12.6 Å². The zero-order valence-electron chi connectivity index (χ0n) is 11.7. The van der Waals surface area contributed by atoms with Crippen LogP contribution in [0.5, 0.6) is 0 Å². The molecule has 1 unspecified atom stereocenters. The summed E-state index contributed by atoms with van der Waals surface area (Å²) in [6, 6.07) is -0.528. The Morgan fingerprint density at radius 2 is 1.88 bits per heavy atom. The van der Waals surface area contributed by atoms with Crippen LogP contribution < -0.4 is 5.73 Å². The molecule has 0 aliphatic heterocycles. The largest absolute Gasteiger partial charge is 0.460 e. The second-order valence-corrected chi connectivity index (χ2v) is 4.57. The minimum atomic E-state index is -0.528. The van der Waals surface area contributed by atoms with Crippen LogP contribution in [0.2, 0.25) is 0 Å². The summed E-state index contributed by atoms with van der Waals surface area (Å²) in [6.45, 7) is 6.44. The van der Waals surface area contributed by atoms with Gasteiger partial charge in [-0.3, -0.25) is 4.79 Å². The molecule has 0 aliphatic carbocycles. The minimum absolute atomic E-state index is 0. The maximum atomic E-state index is 11.0. The van der Waals surface area contributed by atoms with Gasteiger partial charge in [-0.15, -0.1) is 0 Å². The van der Waals surface area contributed by atoms with Gasteiger partial charge in [-0.1, -0.05) is 38.8 Å². The van der Waals surface area contributed by atoms with Crippen molar-refractivity contribution in [3.63, 3.8) is 0 Å². The van der Waals surface area contributed by atoms with Crippen LogP contribution in [0.4, 0.5) is 0 Å². The van der Waals surface area contributed by atoms with E-state index in [2.05, 4.69) is 19.9 Å². The summed E-state index contributed by atoms with van der Waals surface area (Å²) in [5.74, 6) is 0.445. The number of carbonyl (C=O) groups is 1. The third-order valence-electron chi connectivity index (χ3n) is 2.26. The fourth-order valence-electron chi connectivity index (χ4n) is 1.26. The number of nitrogens with two attached hydrogens (primary N) is 1. The molecule has 17 heavy (non-hydrogen) atoms. The van der Waals surface area contributed by atoms with Crippen LogP contribution in [-0.4, -0.2) is 48.2 Å². The Morgan fingerprint density at radius 1 is 1.24 bits per heavy atom. The Morgan fingerprint density at radius 3 is 2.41 bits per heavy atom. The predicted molar refractivity (Wildman–Crippen MR) is 72.8 cm³/mol. The van der Waals surface area contributed by atoms with Gasteiger partial charge >= 0.3 is 5.97 Å². The SMILES string of the molecule is CC(C)CCCCC=CCOC(=O)C(C)N.[Na]. The summed E-state index contributed by atoms with van der Waals surface area (Å²) < 4.78 is 4.90. The van der Waals surface area contributed by atoms with Gasteiger partial charge in [0.2, 0.25) is 0 Å². The van der Waals surface area contributed by atoms with E-state index in [1.807, 2.05) is 6.08 Å². The summed E-state index contributed by atoms with van der Waals surface area (Å²) in [5.41, 5.74) is 5.35. The van der Waals surface area contributed by atoms with Gasteiger partial charge in [0.15, 0.2) is 0 Å². The first-order chi connectivity index (χ1) is 7.54. The zero-order chi connectivity index (χ0) is 12.4. The fourth-order valence-corrected chi connectivity index (χ4v) is 1.26. The molecule has 0 bridgehead atoms. The van der Waals surface area contributed by atoms with E-state index in [-0.39, 0.29) is 35.5 Å². The molecule has 0 spiro atoms. The van der Waals surface area contributed by atoms with Gasteiger partial charge in [0.05, 0.1) is 0 Å². The van der Waals surface area contributed by atoms with Crippen LogP contribution in [-0.2, 0) is 9.53 Å². The molecule has 1 atom stereocenters. The van der Waals surface area contributed by atoms with Gasteiger partial charge in [-0.05, 0) is 25.7 Å². The molecule has 0 saturated heterocycles. The molecule has 0 fully saturated rings. The van der Waals surface area contributed by atoms with E-state index in [1.54, 1.807) is 6.92 Å². The number of hydrogen-bond acceptors (Lipinski definition) is 3. The van der Waals surface area contributed by atoms with Crippen molar-refractivity contribution in [3.05, 3.63) is 12.2 Å². The number of ether oxygens (including phenoxy) is 1. The van der Waals surface area contributed by atoms with E-state index in [0.29, 0.717) is 6.61 Å². The topological polar surface area (TPSA) is 52.3 Å². The number of hydrogen-bond donors (Lipinski definition) is 1. The van der Waals surface area contributed by atoms with Crippen LogP contribution >= 0.6 is 0 Å². The Labute approximate surface area is 127 Å². The maximum absolute atomic E-state index is 11.0. The van der Waals surface area contributed by atoms with Crippen LogP contribution in [0.1, 0.15) is 46.5 Å². The fraction of sp³-hybridized carbons (Fsp3) is 0.769. The van der Waals surface area contributed by atoms with Crippen molar-refractivity contribution in [1.82, 2.24) is 0 Å². The Bertz CT molecular complexity index is 215. The average Bonchev–Trinajstić information content (AvgIpc) is 2.21. The number of esters is 1. The van der Waals surface area contributed by atoms with E-state index in [0.717, 1.165) is 12.3 Å². The van der Waals surface area contributed by atoms with Crippen molar-refractivity contribution in [1.29, 1.82) is 0 Å². The van der Waals surface area contributed by atoms with Crippen LogP contribution in [0.3, 0.4) is 0 Å². The van der Waals surface area contributed by atoms with Crippen molar-refractivity contribution >= 4 is 35.5 Å². The molecule has 0 saturated carbocycles. The molecule has 0 aromatic rings. The van der Waals surface area contributed by atoms with Crippen molar-refractivity contribution in [2.75, 3.05) is 6.61 Å². The summed E-state index contributed by atoms with van der Waals surface area (Å²) >= 11 is 0.